The second-order valence-corrected chi connectivity index (χ2v) is 14.6. The van der Waals surface area contributed by atoms with Crippen molar-refractivity contribution in [3.8, 4) is 56.2 Å². The van der Waals surface area contributed by atoms with Gasteiger partial charge in [-0.25, -0.2) is 9.97 Å². The van der Waals surface area contributed by atoms with Gasteiger partial charge >= 0.3 is 0 Å². The molecule has 3 heteroatoms. The fourth-order valence-electron chi connectivity index (χ4n) is 7.95. The van der Waals surface area contributed by atoms with Gasteiger partial charge in [-0.1, -0.05) is 146 Å². The Kier molecular flexibility index (Phi) is 6.83. The number of aromatic nitrogens is 2. The first-order chi connectivity index (χ1) is 25.1. The number of benzene rings is 7. The van der Waals surface area contributed by atoms with Crippen LogP contribution in [0.3, 0.4) is 0 Å². The molecule has 240 valence electrons. The lowest BCUT2D eigenvalue weighted by molar-refractivity contribution is 0.714. The molecule has 0 saturated carbocycles. The van der Waals surface area contributed by atoms with E-state index in [0.29, 0.717) is 0 Å². The fraction of sp³-hybridized carbons (Fsp3) is 0.0417. The molecule has 0 unspecified atom stereocenters. The summed E-state index contributed by atoms with van der Waals surface area (Å²) >= 11 is 1.83. The smallest absolute Gasteiger partial charge is 0.160 e. The van der Waals surface area contributed by atoms with Crippen LogP contribution in [0, 0.1) is 0 Å². The van der Waals surface area contributed by atoms with Crippen molar-refractivity contribution in [2.24, 2.45) is 0 Å². The average molecular weight is 669 g/mol. The third kappa shape index (κ3) is 4.85. The number of hydrogen-bond acceptors (Lipinski definition) is 3. The first-order valence-corrected chi connectivity index (χ1v) is 18.2. The van der Waals surface area contributed by atoms with E-state index in [0.717, 1.165) is 33.9 Å². The standard InChI is InChI=1S/C48H32N2S/c1-48(41-19-8-5-16-37(41)38-17-6-9-20-42(38)48)36-15-11-14-34(28-36)31-22-24-32(25-23-31)43-30-44(50-47(49-43)33-12-3-2-4-13-33)35-26-27-46-40(29-35)39-18-7-10-21-45(39)51-46/h2-30H,1H3. The maximum Gasteiger partial charge on any atom is 0.160 e. The molecule has 1 aliphatic carbocycles. The molecule has 0 amide bonds. The molecule has 0 aliphatic heterocycles. The van der Waals surface area contributed by atoms with Gasteiger partial charge in [-0.15, -0.1) is 11.3 Å². The quantitative estimate of drug-likeness (QED) is 0.182. The predicted molar refractivity (Wildman–Crippen MR) is 214 cm³/mol. The Bertz CT molecular complexity index is 2710. The molecular weight excluding hydrogens is 637 g/mol. The number of hydrogen-bond donors (Lipinski definition) is 0. The van der Waals surface area contributed by atoms with E-state index < -0.39 is 0 Å². The van der Waals surface area contributed by atoms with E-state index in [2.05, 4.69) is 165 Å². The summed E-state index contributed by atoms with van der Waals surface area (Å²) in [5.41, 5.74) is 13.8. The molecule has 2 heterocycles. The van der Waals surface area contributed by atoms with Crippen LogP contribution in [0.2, 0.25) is 0 Å². The predicted octanol–water partition coefficient (Wildman–Crippen LogP) is 12.8. The molecule has 7 aromatic carbocycles. The molecule has 0 atom stereocenters. The van der Waals surface area contributed by atoms with Gasteiger partial charge in [0.25, 0.3) is 0 Å². The first-order valence-electron chi connectivity index (χ1n) is 17.4. The van der Waals surface area contributed by atoms with E-state index in [9.17, 15) is 0 Å². The van der Waals surface area contributed by atoms with Crippen LogP contribution in [-0.2, 0) is 5.41 Å². The third-order valence-electron chi connectivity index (χ3n) is 10.6. The summed E-state index contributed by atoms with van der Waals surface area (Å²) in [4.78, 5) is 10.2. The molecule has 0 spiro atoms. The zero-order valence-corrected chi connectivity index (χ0v) is 28.9. The number of nitrogens with zero attached hydrogens (tertiary/aromatic N) is 2. The zero-order valence-electron chi connectivity index (χ0n) is 28.0. The van der Waals surface area contributed by atoms with Crippen LogP contribution in [0.5, 0.6) is 0 Å². The molecule has 9 aromatic rings. The van der Waals surface area contributed by atoms with Crippen LogP contribution in [0.25, 0.3) is 76.3 Å². The molecule has 1 aliphatic rings. The van der Waals surface area contributed by atoms with Crippen molar-refractivity contribution in [3.05, 3.63) is 193 Å². The zero-order chi connectivity index (χ0) is 33.9. The molecule has 51 heavy (non-hydrogen) atoms. The normalized spacial score (nSPS) is 13.0. The molecule has 0 bridgehead atoms. The van der Waals surface area contributed by atoms with Gasteiger partial charge in [0.15, 0.2) is 5.82 Å². The molecule has 0 N–H and O–H groups in total. The van der Waals surface area contributed by atoms with Gasteiger partial charge in [-0.05, 0) is 76.2 Å². The summed E-state index contributed by atoms with van der Waals surface area (Å²) in [7, 11) is 0. The van der Waals surface area contributed by atoms with Gasteiger partial charge in [-0.3, -0.25) is 0 Å². The van der Waals surface area contributed by atoms with Crippen molar-refractivity contribution in [2.75, 3.05) is 0 Å². The van der Waals surface area contributed by atoms with Crippen molar-refractivity contribution in [1.82, 2.24) is 9.97 Å². The van der Waals surface area contributed by atoms with E-state index >= 15 is 0 Å². The highest BCUT2D eigenvalue weighted by Crippen LogP contribution is 2.52. The van der Waals surface area contributed by atoms with E-state index in [1.807, 2.05) is 29.5 Å². The Labute approximate surface area is 301 Å². The minimum atomic E-state index is -0.230. The summed E-state index contributed by atoms with van der Waals surface area (Å²) in [6.45, 7) is 2.37. The molecule has 10 rings (SSSR count). The van der Waals surface area contributed by atoms with Crippen molar-refractivity contribution < 1.29 is 0 Å². The number of thiophene rings is 1. The van der Waals surface area contributed by atoms with Gasteiger partial charge in [-0.2, -0.15) is 0 Å². The Balaban J connectivity index is 1.05. The highest BCUT2D eigenvalue weighted by Gasteiger charge is 2.40. The second kappa shape index (κ2) is 11.7. The van der Waals surface area contributed by atoms with Gasteiger partial charge in [0.1, 0.15) is 0 Å². The van der Waals surface area contributed by atoms with E-state index in [-0.39, 0.29) is 5.41 Å². The van der Waals surface area contributed by atoms with E-state index in [4.69, 9.17) is 9.97 Å². The molecular formula is C48H32N2S. The Morgan fingerprint density at radius 1 is 0.412 bits per heavy atom. The highest BCUT2D eigenvalue weighted by atomic mass is 32.1. The average Bonchev–Trinajstić information content (AvgIpc) is 3.71. The molecule has 0 fully saturated rings. The second-order valence-electron chi connectivity index (χ2n) is 13.5. The highest BCUT2D eigenvalue weighted by molar-refractivity contribution is 7.25. The van der Waals surface area contributed by atoms with Crippen molar-refractivity contribution in [2.45, 2.75) is 12.3 Å². The summed E-state index contributed by atoms with van der Waals surface area (Å²) < 4.78 is 2.59. The van der Waals surface area contributed by atoms with E-state index in [1.54, 1.807) is 0 Å². The Morgan fingerprint density at radius 2 is 1.00 bits per heavy atom. The summed E-state index contributed by atoms with van der Waals surface area (Å²) in [5.74, 6) is 0.723. The van der Waals surface area contributed by atoms with Crippen LogP contribution < -0.4 is 0 Å². The van der Waals surface area contributed by atoms with Crippen LogP contribution in [0.1, 0.15) is 23.6 Å². The lowest BCUT2D eigenvalue weighted by atomic mass is 9.74. The maximum absolute atomic E-state index is 5.11. The minimum Gasteiger partial charge on any atom is -0.228 e. The first kappa shape index (κ1) is 29.7. The third-order valence-corrected chi connectivity index (χ3v) is 11.8. The van der Waals surface area contributed by atoms with E-state index in [1.165, 1.54) is 59.1 Å². The summed E-state index contributed by atoms with van der Waals surface area (Å²) in [6, 6.07) is 63.3. The fourth-order valence-corrected chi connectivity index (χ4v) is 9.04. The SMILES string of the molecule is CC1(c2cccc(-c3ccc(-c4cc(-c5ccc6sc7ccccc7c6c5)nc(-c5ccccc5)n4)cc3)c2)c2ccccc2-c2ccccc21. The van der Waals surface area contributed by atoms with Gasteiger partial charge < -0.3 is 0 Å². The van der Waals surface area contributed by atoms with Crippen molar-refractivity contribution >= 4 is 31.5 Å². The topological polar surface area (TPSA) is 25.8 Å². The van der Waals surface area contributed by atoms with Crippen molar-refractivity contribution in [3.63, 3.8) is 0 Å². The number of rotatable bonds is 5. The summed E-state index contributed by atoms with van der Waals surface area (Å²) in [5, 5.41) is 2.55. The van der Waals surface area contributed by atoms with Gasteiger partial charge in [0.05, 0.1) is 11.4 Å². The van der Waals surface area contributed by atoms with Crippen LogP contribution in [0.4, 0.5) is 0 Å². The van der Waals surface area contributed by atoms with Crippen LogP contribution in [-0.4, -0.2) is 9.97 Å². The molecule has 2 aromatic heterocycles. The molecule has 0 radical (unpaired) electrons. The Morgan fingerprint density at radius 3 is 1.76 bits per heavy atom. The Hall–Kier alpha value is -6.16. The van der Waals surface area contributed by atoms with Crippen LogP contribution in [0.15, 0.2) is 176 Å². The van der Waals surface area contributed by atoms with Gasteiger partial charge in [0, 0.05) is 42.3 Å². The monoisotopic (exact) mass is 668 g/mol. The van der Waals surface area contributed by atoms with Crippen molar-refractivity contribution in [1.29, 1.82) is 0 Å². The number of fused-ring (bicyclic) bond motifs is 6. The van der Waals surface area contributed by atoms with Crippen LogP contribution >= 0.6 is 11.3 Å². The molecule has 0 saturated heterocycles. The molecule has 2 nitrogen and oxygen atoms in total. The lowest BCUT2D eigenvalue weighted by Gasteiger charge is -2.28. The minimum absolute atomic E-state index is 0.230. The van der Waals surface area contributed by atoms with Gasteiger partial charge in [0.2, 0.25) is 0 Å². The lowest BCUT2D eigenvalue weighted by Crippen LogP contribution is -2.22. The maximum atomic E-state index is 5.11. The summed E-state index contributed by atoms with van der Waals surface area (Å²) in [6.07, 6.45) is 0. The largest absolute Gasteiger partial charge is 0.228 e.